The van der Waals surface area contributed by atoms with E-state index in [4.69, 9.17) is 4.74 Å². The SMILES string of the molecule is COc1cc(/C=C/c2cccc(-c3cccc(-c4nc5c(C#N)cc(C=O)cn5n4)c3C)c2C)c(C(F)(F)F)cc1CN1CC[C@@H](O)C1. The van der Waals surface area contributed by atoms with E-state index in [0.29, 0.717) is 54.1 Å². The molecule has 1 fully saturated rings. The number of nitriles is 1. The summed E-state index contributed by atoms with van der Waals surface area (Å²) in [7, 11) is 1.44. The standard InChI is InChI=1S/C37H32F3N5O3/c1-22-25(10-11-26-16-34(48-3)28(15-33(26)37(38,39)40)19-44-13-12-29(47)20-44)6-4-7-30(22)31-8-5-9-32(23(31)2)35-42-36-27(17-41)14-24(21-46)18-45(36)43-35/h4-11,14-16,18,21,29,47H,12-13,19-20H2,1-3H3/b11-10+/t29-/m1/s1. The van der Waals surface area contributed by atoms with Gasteiger partial charge in [-0.2, -0.15) is 18.4 Å². The van der Waals surface area contributed by atoms with Crippen LogP contribution in [0.3, 0.4) is 0 Å². The van der Waals surface area contributed by atoms with Crippen LogP contribution < -0.4 is 4.74 Å². The number of benzene rings is 3. The Morgan fingerprint density at radius 2 is 1.75 bits per heavy atom. The third-order valence-corrected chi connectivity index (χ3v) is 8.79. The minimum Gasteiger partial charge on any atom is -0.496 e. The molecule has 0 saturated carbocycles. The van der Waals surface area contributed by atoms with Crippen LogP contribution >= 0.6 is 0 Å². The molecule has 8 nitrogen and oxygen atoms in total. The van der Waals surface area contributed by atoms with Gasteiger partial charge in [0.1, 0.15) is 11.8 Å². The third kappa shape index (κ3) is 6.32. The highest BCUT2D eigenvalue weighted by Crippen LogP contribution is 2.38. The Morgan fingerprint density at radius 1 is 1.04 bits per heavy atom. The summed E-state index contributed by atoms with van der Waals surface area (Å²) in [6, 6.07) is 17.5. The van der Waals surface area contributed by atoms with Gasteiger partial charge in [-0.05, 0) is 71.8 Å². The van der Waals surface area contributed by atoms with E-state index in [1.807, 2.05) is 55.1 Å². The van der Waals surface area contributed by atoms with Crippen molar-refractivity contribution in [2.45, 2.75) is 39.1 Å². The van der Waals surface area contributed by atoms with Crippen LogP contribution in [0.4, 0.5) is 13.2 Å². The number of fused-ring (bicyclic) bond motifs is 1. The smallest absolute Gasteiger partial charge is 0.417 e. The first kappa shape index (κ1) is 32.6. The average molecular weight is 652 g/mol. The first-order valence-electron chi connectivity index (χ1n) is 15.3. The summed E-state index contributed by atoms with van der Waals surface area (Å²) in [6.07, 6.45) is 0.820. The van der Waals surface area contributed by atoms with E-state index in [-0.39, 0.29) is 17.7 Å². The molecule has 1 saturated heterocycles. The monoisotopic (exact) mass is 651 g/mol. The summed E-state index contributed by atoms with van der Waals surface area (Å²) in [6.45, 7) is 5.11. The first-order chi connectivity index (χ1) is 23.0. The second-order valence-electron chi connectivity index (χ2n) is 11.9. The van der Waals surface area contributed by atoms with Crippen molar-refractivity contribution in [3.8, 4) is 34.3 Å². The maximum atomic E-state index is 14.3. The molecule has 0 unspecified atom stereocenters. The van der Waals surface area contributed by atoms with E-state index < -0.39 is 17.8 Å². The van der Waals surface area contributed by atoms with Gasteiger partial charge in [-0.1, -0.05) is 48.6 Å². The lowest BCUT2D eigenvalue weighted by molar-refractivity contribution is -0.137. The molecule has 0 bridgehead atoms. The number of ether oxygens (including phenoxy) is 1. The fraction of sp³-hybridized carbons (Fsp3) is 0.243. The molecule has 0 amide bonds. The molecule has 1 atom stereocenters. The number of aliphatic hydroxyl groups excluding tert-OH is 1. The van der Waals surface area contributed by atoms with Crippen LogP contribution in [0, 0.1) is 25.2 Å². The van der Waals surface area contributed by atoms with Crippen molar-refractivity contribution in [3.05, 3.63) is 105 Å². The van der Waals surface area contributed by atoms with Crippen molar-refractivity contribution in [3.63, 3.8) is 0 Å². The van der Waals surface area contributed by atoms with Crippen molar-refractivity contribution >= 4 is 24.1 Å². The van der Waals surface area contributed by atoms with Crippen molar-refractivity contribution in [1.82, 2.24) is 19.5 Å². The summed E-state index contributed by atoms with van der Waals surface area (Å²) in [5.74, 6) is 0.743. The van der Waals surface area contributed by atoms with Gasteiger partial charge in [0, 0.05) is 42.5 Å². The Bertz CT molecular complexity index is 2110. The number of pyridine rings is 1. The van der Waals surface area contributed by atoms with Gasteiger partial charge in [0.25, 0.3) is 0 Å². The molecule has 48 heavy (non-hydrogen) atoms. The quantitative estimate of drug-likeness (QED) is 0.141. The second kappa shape index (κ2) is 13.1. The number of rotatable bonds is 8. The molecule has 2 aromatic heterocycles. The normalized spacial score (nSPS) is 15.3. The number of hydrogen-bond donors (Lipinski definition) is 1. The van der Waals surface area contributed by atoms with Crippen LogP contribution in [-0.2, 0) is 12.7 Å². The molecule has 3 heterocycles. The number of hydrogen-bond acceptors (Lipinski definition) is 7. The molecule has 3 aromatic carbocycles. The molecule has 0 aliphatic carbocycles. The highest BCUT2D eigenvalue weighted by Gasteiger charge is 2.34. The van der Waals surface area contributed by atoms with Crippen molar-refractivity contribution in [1.29, 1.82) is 5.26 Å². The number of β-amino-alcohol motifs (C(OH)–C–C–N with tert-alkyl or cyclic N) is 1. The third-order valence-electron chi connectivity index (χ3n) is 8.79. The molecule has 6 rings (SSSR count). The van der Waals surface area contributed by atoms with Crippen LogP contribution in [0.25, 0.3) is 40.3 Å². The van der Waals surface area contributed by atoms with E-state index >= 15 is 0 Å². The molecule has 0 spiro atoms. The van der Waals surface area contributed by atoms with E-state index in [1.54, 1.807) is 6.08 Å². The zero-order chi connectivity index (χ0) is 34.2. The van der Waals surface area contributed by atoms with Gasteiger partial charge in [-0.3, -0.25) is 9.69 Å². The molecule has 1 aliphatic rings. The molecule has 5 aromatic rings. The molecular formula is C37H32F3N5O3. The number of carbonyl (C=O) groups excluding carboxylic acids is 1. The van der Waals surface area contributed by atoms with Gasteiger partial charge in [0.15, 0.2) is 17.8 Å². The van der Waals surface area contributed by atoms with Crippen LogP contribution in [0.1, 0.15) is 55.7 Å². The number of halogens is 3. The van der Waals surface area contributed by atoms with Gasteiger partial charge >= 0.3 is 6.18 Å². The lowest BCUT2D eigenvalue weighted by Gasteiger charge is -2.20. The van der Waals surface area contributed by atoms with Crippen LogP contribution in [-0.4, -0.2) is 57.2 Å². The number of aromatic nitrogens is 3. The van der Waals surface area contributed by atoms with Crippen molar-refractivity contribution in [2.75, 3.05) is 20.2 Å². The van der Waals surface area contributed by atoms with Gasteiger partial charge < -0.3 is 9.84 Å². The molecule has 1 aliphatic heterocycles. The summed E-state index contributed by atoms with van der Waals surface area (Å²) in [4.78, 5) is 17.9. The van der Waals surface area contributed by atoms with E-state index in [0.717, 1.165) is 39.4 Å². The number of methoxy groups -OCH3 is 1. The van der Waals surface area contributed by atoms with E-state index in [1.165, 1.54) is 36.0 Å². The van der Waals surface area contributed by atoms with Crippen LogP contribution in [0.5, 0.6) is 5.75 Å². The Kier molecular flexibility index (Phi) is 8.88. The van der Waals surface area contributed by atoms with Gasteiger partial charge in [-0.15, -0.1) is 5.10 Å². The zero-order valence-electron chi connectivity index (χ0n) is 26.5. The lowest BCUT2D eigenvalue weighted by atomic mass is 9.91. The first-order valence-corrected chi connectivity index (χ1v) is 15.3. The number of aldehydes is 1. The predicted molar refractivity (Wildman–Crippen MR) is 176 cm³/mol. The fourth-order valence-corrected chi connectivity index (χ4v) is 6.28. The summed E-state index contributed by atoms with van der Waals surface area (Å²) < 4.78 is 49.9. The maximum Gasteiger partial charge on any atom is 0.417 e. The number of aliphatic hydroxyl groups is 1. The Morgan fingerprint density at radius 3 is 2.42 bits per heavy atom. The average Bonchev–Trinajstić information content (AvgIpc) is 3.69. The highest BCUT2D eigenvalue weighted by atomic mass is 19.4. The zero-order valence-corrected chi connectivity index (χ0v) is 26.5. The highest BCUT2D eigenvalue weighted by molar-refractivity contribution is 5.83. The summed E-state index contributed by atoms with van der Waals surface area (Å²) in [5, 5.41) is 24.0. The van der Waals surface area contributed by atoms with Crippen molar-refractivity contribution < 1.29 is 27.8 Å². The minimum atomic E-state index is -4.59. The summed E-state index contributed by atoms with van der Waals surface area (Å²) in [5.41, 5.74) is 5.51. The number of nitrogens with zero attached hydrogens (tertiary/aromatic N) is 5. The number of carbonyl (C=O) groups is 1. The fourth-order valence-electron chi connectivity index (χ4n) is 6.28. The van der Waals surface area contributed by atoms with E-state index in [9.17, 15) is 28.3 Å². The molecule has 244 valence electrons. The second-order valence-corrected chi connectivity index (χ2v) is 11.9. The van der Waals surface area contributed by atoms with E-state index in [2.05, 4.69) is 16.2 Å². The lowest BCUT2D eigenvalue weighted by Crippen LogP contribution is -2.22. The molecule has 11 heteroatoms. The number of likely N-dealkylation sites (tertiary alicyclic amines) is 1. The predicted octanol–water partition coefficient (Wildman–Crippen LogP) is 7.13. The Hall–Kier alpha value is -5.31. The number of alkyl halides is 3. The molecule has 1 N–H and O–H groups in total. The van der Waals surface area contributed by atoms with Gasteiger partial charge in [0.2, 0.25) is 0 Å². The molecule has 0 radical (unpaired) electrons. The molecular weight excluding hydrogens is 619 g/mol. The Labute approximate surface area is 275 Å². The minimum absolute atomic E-state index is 0.0139. The van der Waals surface area contributed by atoms with Gasteiger partial charge in [-0.25, -0.2) is 9.50 Å². The maximum absolute atomic E-state index is 14.3. The van der Waals surface area contributed by atoms with Gasteiger partial charge in [0.05, 0.1) is 24.3 Å². The summed E-state index contributed by atoms with van der Waals surface area (Å²) >= 11 is 0. The Balaban J connectivity index is 1.36. The largest absolute Gasteiger partial charge is 0.496 e. The topological polar surface area (TPSA) is 104 Å². The van der Waals surface area contributed by atoms with Crippen LogP contribution in [0.15, 0.2) is 60.8 Å². The van der Waals surface area contributed by atoms with Crippen molar-refractivity contribution in [2.24, 2.45) is 0 Å². The van der Waals surface area contributed by atoms with Crippen LogP contribution in [0.2, 0.25) is 0 Å².